The second-order valence-electron chi connectivity index (χ2n) is 18.5. The summed E-state index contributed by atoms with van der Waals surface area (Å²) in [4.78, 5) is 28.2. The van der Waals surface area contributed by atoms with Gasteiger partial charge in [0.2, 0.25) is 5.91 Å². The highest BCUT2D eigenvalue weighted by Gasteiger charge is 2.59. The lowest BCUT2D eigenvalue weighted by Crippen LogP contribution is -2.51. The molecule has 10 heteroatoms. The van der Waals surface area contributed by atoms with E-state index in [9.17, 15) is 9.59 Å². The molecular formula is C43H81Cl3N4O3. The fraction of sp³-hybridized carbons (Fsp3) is 0.907. The molecule has 3 fully saturated rings. The minimum atomic E-state index is -0.223. The van der Waals surface area contributed by atoms with Crippen LogP contribution in [0.15, 0.2) is 11.6 Å². The van der Waals surface area contributed by atoms with Crippen molar-refractivity contribution < 1.29 is 14.3 Å². The average molecular weight is 809 g/mol. The quantitative estimate of drug-likeness (QED) is 0.0642. The van der Waals surface area contributed by atoms with Crippen LogP contribution < -0.4 is 16.8 Å². The molecule has 1 amide bonds. The Bertz CT molecular complexity index is 1120. The van der Waals surface area contributed by atoms with E-state index in [0.717, 1.165) is 93.5 Å². The smallest absolute Gasteiger partial charge is 0.306 e. The predicted octanol–water partition coefficient (Wildman–Crippen LogP) is 9.66. The molecule has 5 N–H and O–H groups in total. The summed E-state index contributed by atoms with van der Waals surface area (Å²) in [6, 6.07) is 0.251. The Hall–Kier alpha value is -0.570. The minimum absolute atomic E-state index is 0. The lowest BCUT2D eigenvalue weighted by Gasteiger charge is -2.58. The van der Waals surface area contributed by atoms with Gasteiger partial charge in [-0.1, -0.05) is 65.5 Å². The topological polar surface area (TPSA) is 111 Å². The molecule has 0 aromatic rings. The molecule has 9 unspecified atom stereocenters. The summed E-state index contributed by atoms with van der Waals surface area (Å²) in [7, 11) is 0. The number of carbonyl (C=O) groups is 2. The SMILES string of the molecule is CC(C)CCC[C@@H](C)C1CCC2C3CC=C4CC(OC(=O)CCC(=O)N(CCCCNCCC(C)N)CCC(C)N)CCC4(C)C3CCC21C.Cl.Cl.Cl. The van der Waals surface area contributed by atoms with Crippen molar-refractivity contribution >= 4 is 49.1 Å². The normalized spacial score (nSPS) is 30.5. The summed E-state index contributed by atoms with van der Waals surface area (Å²) in [5.41, 5.74) is 14.1. The number of hydrogen-bond acceptors (Lipinski definition) is 6. The number of fused-ring (bicyclic) bond motifs is 5. The molecule has 0 aromatic heterocycles. The van der Waals surface area contributed by atoms with Gasteiger partial charge in [-0.2, -0.15) is 0 Å². The van der Waals surface area contributed by atoms with Gasteiger partial charge in [-0.3, -0.25) is 9.59 Å². The highest BCUT2D eigenvalue weighted by molar-refractivity contribution is 5.86. The van der Waals surface area contributed by atoms with Crippen LogP contribution in [-0.2, 0) is 14.3 Å². The number of nitrogens with one attached hydrogen (secondary N) is 1. The Morgan fingerprint density at radius 1 is 0.830 bits per heavy atom. The van der Waals surface area contributed by atoms with Gasteiger partial charge < -0.3 is 26.4 Å². The van der Waals surface area contributed by atoms with Crippen LogP contribution in [0.3, 0.4) is 0 Å². The van der Waals surface area contributed by atoms with Gasteiger partial charge in [0.1, 0.15) is 6.10 Å². The molecular weight excluding hydrogens is 727 g/mol. The molecule has 0 aromatic carbocycles. The van der Waals surface area contributed by atoms with Crippen LogP contribution in [0, 0.1) is 46.3 Å². The monoisotopic (exact) mass is 807 g/mol. The number of hydrogen-bond donors (Lipinski definition) is 3. The van der Waals surface area contributed by atoms with Crippen LogP contribution in [0.4, 0.5) is 0 Å². The molecule has 53 heavy (non-hydrogen) atoms. The van der Waals surface area contributed by atoms with E-state index >= 15 is 0 Å². The van der Waals surface area contributed by atoms with Crippen molar-refractivity contribution in [3.63, 3.8) is 0 Å². The second-order valence-corrected chi connectivity index (χ2v) is 18.5. The molecule has 0 aliphatic heterocycles. The average Bonchev–Trinajstić information content (AvgIpc) is 3.41. The van der Waals surface area contributed by atoms with E-state index in [1.165, 1.54) is 51.4 Å². The van der Waals surface area contributed by atoms with E-state index in [1.807, 2.05) is 18.7 Å². The number of amides is 1. The van der Waals surface area contributed by atoms with Crippen molar-refractivity contribution in [3.8, 4) is 0 Å². The van der Waals surface area contributed by atoms with Crippen LogP contribution in [0.25, 0.3) is 0 Å². The fourth-order valence-electron chi connectivity index (χ4n) is 11.1. The standard InChI is InChI=1S/C43H78N4O3.3ClH/c1-30(2)11-10-12-31(3)37-15-16-38-36-14-13-34-29-35(19-23-42(34,6)39(36)20-24-43(37,38)7)50-41(49)18-17-40(48)47(28-22-33(5)45)27-9-8-25-46-26-21-32(4)44;;;/h13,30-33,35-39,46H,8-12,14-29,44-45H2,1-7H3;3*1H/t31-,32?,33?,35?,36?,37?,38?,39?,42?,43?;;;/m1.../s1. The third kappa shape index (κ3) is 13.8. The zero-order valence-corrected chi connectivity index (χ0v) is 37.1. The maximum atomic E-state index is 13.2. The van der Waals surface area contributed by atoms with Crippen molar-refractivity contribution in [1.29, 1.82) is 0 Å². The molecule has 10 atom stereocenters. The molecule has 4 aliphatic rings. The summed E-state index contributed by atoms with van der Waals surface area (Å²) in [6.45, 7) is 19.7. The lowest BCUT2D eigenvalue weighted by molar-refractivity contribution is -0.153. The zero-order valence-electron chi connectivity index (χ0n) is 34.7. The molecule has 0 saturated heterocycles. The number of nitrogens with zero attached hydrogens (tertiary/aromatic N) is 1. The first kappa shape index (κ1) is 50.4. The summed E-state index contributed by atoms with van der Waals surface area (Å²) >= 11 is 0. The Morgan fingerprint density at radius 3 is 2.23 bits per heavy atom. The highest BCUT2D eigenvalue weighted by atomic mass is 35.5. The molecule has 0 spiro atoms. The lowest BCUT2D eigenvalue weighted by atomic mass is 9.47. The van der Waals surface area contributed by atoms with Crippen molar-refractivity contribution in [3.05, 3.63) is 11.6 Å². The highest BCUT2D eigenvalue weighted by Crippen LogP contribution is 2.67. The first-order chi connectivity index (χ1) is 23.7. The maximum Gasteiger partial charge on any atom is 0.306 e. The Kier molecular flexibility index (Phi) is 22.5. The number of halogens is 3. The van der Waals surface area contributed by atoms with Crippen molar-refractivity contribution in [1.82, 2.24) is 10.2 Å². The number of allylic oxidation sites excluding steroid dienone is 1. The first-order valence-corrected chi connectivity index (χ1v) is 21.1. The molecule has 4 rings (SSSR count). The van der Waals surface area contributed by atoms with E-state index in [2.05, 4.69) is 46.0 Å². The van der Waals surface area contributed by atoms with E-state index in [0.29, 0.717) is 18.5 Å². The van der Waals surface area contributed by atoms with E-state index < -0.39 is 0 Å². The molecule has 0 bridgehead atoms. The summed E-state index contributed by atoms with van der Waals surface area (Å²) < 4.78 is 6.09. The van der Waals surface area contributed by atoms with Crippen LogP contribution in [0.5, 0.6) is 0 Å². The van der Waals surface area contributed by atoms with E-state index in [-0.39, 0.29) is 85.5 Å². The van der Waals surface area contributed by atoms with Gasteiger partial charge in [0, 0.05) is 38.0 Å². The maximum absolute atomic E-state index is 13.2. The first-order valence-electron chi connectivity index (χ1n) is 21.1. The summed E-state index contributed by atoms with van der Waals surface area (Å²) in [5.74, 6) is 4.78. The summed E-state index contributed by atoms with van der Waals surface area (Å²) in [5, 5.41) is 3.44. The molecule has 7 nitrogen and oxygen atoms in total. The molecule has 0 radical (unpaired) electrons. The van der Waals surface area contributed by atoms with Crippen LogP contribution in [0.1, 0.15) is 158 Å². The van der Waals surface area contributed by atoms with Crippen LogP contribution in [0.2, 0.25) is 0 Å². The largest absolute Gasteiger partial charge is 0.462 e. The third-order valence-electron chi connectivity index (χ3n) is 14.1. The van der Waals surface area contributed by atoms with E-state index in [4.69, 9.17) is 16.2 Å². The predicted molar refractivity (Wildman–Crippen MR) is 229 cm³/mol. The van der Waals surface area contributed by atoms with Crippen LogP contribution >= 0.6 is 37.2 Å². The Balaban J connectivity index is 0.00000468. The number of ether oxygens (including phenoxy) is 1. The molecule has 0 heterocycles. The van der Waals surface area contributed by atoms with Crippen molar-refractivity contribution in [2.24, 2.45) is 57.8 Å². The van der Waals surface area contributed by atoms with Gasteiger partial charge in [0.05, 0.1) is 6.42 Å². The van der Waals surface area contributed by atoms with Gasteiger partial charge in [0.25, 0.3) is 0 Å². The Labute approximate surface area is 343 Å². The van der Waals surface area contributed by atoms with Crippen molar-refractivity contribution in [2.45, 2.75) is 176 Å². The Morgan fingerprint density at radius 2 is 1.55 bits per heavy atom. The number of nitrogens with two attached hydrogens (primary N) is 2. The number of rotatable bonds is 20. The molecule has 312 valence electrons. The minimum Gasteiger partial charge on any atom is -0.462 e. The van der Waals surface area contributed by atoms with Gasteiger partial charge in [0.15, 0.2) is 0 Å². The fourth-order valence-corrected chi connectivity index (χ4v) is 11.1. The van der Waals surface area contributed by atoms with Gasteiger partial charge in [-0.15, -0.1) is 37.2 Å². The number of esters is 1. The second kappa shape index (κ2) is 23.6. The van der Waals surface area contributed by atoms with Crippen molar-refractivity contribution in [2.75, 3.05) is 26.2 Å². The molecule has 3 saturated carbocycles. The number of unbranched alkanes of at least 4 members (excludes halogenated alkanes) is 1. The molecule has 4 aliphatic carbocycles. The third-order valence-corrected chi connectivity index (χ3v) is 14.1. The van der Waals surface area contributed by atoms with Gasteiger partial charge >= 0.3 is 5.97 Å². The summed E-state index contributed by atoms with van der Waals surface area (Å²) in [6.07, 6.45) is 20.4. The number of carbonyl (C=O) groups excluding carboxylic acids is 2. The van der Waals surface area contributed by atoms with Gasteiger partial charge in [-0.25, -0.2) is 0 Å². The zero-order chi connectivity index (χ0) is 36.5. The van der Waals surface area contributed by atoms with Gasteiger partial charge in [-0.05, 0) is 144 Å². The van der Waals surface area contributed by atoms with Crippen LogP contribution in [-0.4, -0.2) is 61.1 Å². The van der Waals surface area contributed by atoms with E-state index in [1.54, 1.807) is 5.57 Å².